The van der Waals surface area contributed by atoms with Crippen LogP contribution in [0.25, 0.3) is 0 Å². The van der Waals surface area contributed by atoms with Crippen LogP contribution < -0.4 is 5.32 Å². The molecule has 1 aromatic rings. The molecule has 0 bridgehead atoms. The zero-order valence-corrected chi connectivity index (χ0v) is 12.1. The summed E-state index contributed by atoms with van der Waals surface area (Å²) < 4.78 is 10.4. The van der Waals surface area contributed by atoms with Crippen LogP contribution in [0.15, 0.2) is 0 Å². The molecule has 1 aliphatic rings. The van der Waals surface area contributed by atoms with Crippen molar-refractivity contribution in [2.75, 3.05) is 25.1 Å². The van der Waals surface area contributed by atoms with Gasteiger partial charge in [0.25, 0.3) is 0 Å². The first-order valence-electron chi connectivity index (χ1n) is 5.89. The van der Waals surface area contributed by atoms with E-state index >= 15 is 0 Å². The SMILES string of the molecule is C[C@H](COC[C@@H]1CO1)Nc1nc(Cl)nc(C(=O)O)c1Cl. The maximum atomic E-state index is 11.0. The number of hydrogen-bond donors (Lipinski definition) is 2. The Bertz CT molecular complexity index is 511. The van der Waals surface area contributed by atoms with Crippen LogP contribution in [0.4, 0.5) is 5.82 Å². The van der Waals surface area contributed by atoms with Crippen LogP contribution in [0.5, 0.6) is 0 Å². The summed E-state index contributed by atoms with van der Waals surface area (Å²) in [7, 11) is 0. The number of nitrogens with zero attached hydrogens (tertiary/aromatic N) is 2. The molecule has 20 heavy (non-hydrogen) atoms. The number of epoxide rings is 1. The van der Waals surface area contributed by atoms with Crippen LogP contribution in [-0.4, -0.2) is 53.0 Å². The number of hydrogen-bond acceptors (Lipinski definition) is 6. The number of aromatic carboxylic acids is 1. The summed E-state index contributed by atoms with van der Waals surface area (Å²) in [6, 6.07) is -0.126. The minimum absolute atomic E-state index is 0.0840. The summed E-state index contributed by atoms with van der Waals surface area (Å²) in [5.74, 6) is -1.10. The molecule has 9 heteroatoms. The van der Waals surface area contributed by atoms with Gasteiger partial charge in [-0.3, -0.25) is 0 Å². The average molecular weight is 322 g/mol. The van der Waals surface area contributed by atoms with Crippen molar-refractivity contribution in [1.29, 1.82) is 0 Å². The molecule has 110 valence electrons. The van der Waals surface area contributed by atoms with Crippen LogP contribution in [0.3, 0.4) is 0 Å². The second-order valence-corrected chi connectivity index (χ2v) is 5.06. The fourth-order valence-corrected chi connectivity index (χ4v) is 1.86. The Labute approximate surface area is 125 Å². The monoisotopic (exact) mass is 321 g/mol. The largest absolute Gasteiger partial charge is 0.476 e. The third-order valence-corrected chi connectivity index (χ3v) is 3.01. The molecule has 0 saturated carbocycles. The zero-order valence-electron chi connectivity index (χ0n) is 10.6. The van der Waals surface area contributed by atoms with E-state index in [0.717, 1.165) is 6.61 Å². The first-order valence-corrected chi connectivity index (χ1v) is 6.65. The lowest BCUT2D eigenvalue weighted by Gasteiger charge is -2.16. The van der Waals surface area contributed by atoms with Gasteiger partial charge < -0.3 is 19.9 Å². The van der Waals surface area contributed by atoms with E-state index in [-0.39, 0.29) is 34.0 Å². The van der Waals surface area contributed by atoms with Crippen molar-refractivity contribution in [1.82, 2.24) is 9.97 Å². The lowest BCUT2D eigenvalue weighted by atomic mass is 10.3. The highest BCUT2D eigenvalue weighted by atomic mass is 35.5. The Morgan fingerprint density at radius 2 is 2.30 bits per heavy atom. The smallest absolute Gasteiger partial charge is 0.356 e. The molecule has 0 aliphatic carbocycles. The highest BCUT2D eigenvalue weighted by Gasteiger charge is 2.23. The molecule has 1 aromatic heterocycles. The average Bonchev–Trinajstić information content (AvgIpc) is 3.17. The Morgan fingerprint density at radius 1 is 1.60 bits per heavy atom. The zero-order chi connectivity index (χ0) is 14.7. The molecule has 1 aliphatic heterocycles. The molecule has 2 N–H and O–H groups in total. The summed E-state index contributed by atoms with van der Waals surface area (Å²) in [6.45, 7) is 3.52. The van der Waals surface area contributed by atoms with Gasteiger partial charge in [0.15, 0.2) is 11.5 Å². The Balaban J connectivity index is 1.98. The van der Waals surface area contributed by atoms with E-state index in [2.05, 4.69) is 15.3 Å². The van der Waals surface area contributed by atoms with Gasteiger partial charge in [-0.1, -0.05) is 11.6 Å². The van der Waals surface area contributed by atoms with Crippen molar-refractivity contribution in [3.63, 3.8) is 0 Å². The molecule has 0 amide bonds. The molecule has 0 radical (unpaired) electrons. The van der Waals surface area contributed by atoms with Gasteiger partial charge in [-0.25, -0.2) is 9.78 Å². The molecule has 2 rings (SSSR count). The molecule has 0 spiro atoms. The van der Waals surface area contributed by atoms with E-state index in [1.165, 1.54) is 0 Å². The third-order valence-electron chi connectivity index (χ3n) is 2.48. The van der Waals surface area contributed by atoms with Crippen LogP contribution >= 0.6 is 23.2 Å². The standard InChI is InChI=1S/C11H13Cl2N3O4/c1-5(2-19-3-6-4-20-6)14-9-7(12)8(10(17)18)15-11(13)16-9/h5-6H,2-4H2,1H3,(H,17,18)(H,14,15,16)/t5-,6-/m1/s1. The highest BCUT2D eigenvalue weighted by Crippen LogP contribution is 2.25. The first kappa shape index (κ1) is 15.2. The number of nitrogens with one attached hydrogen (secondary N) is 1. The van der Waals surface area contributed by atoms with Gasteiger partial charge in [0.2, 0.25) is 5.28 Å². The van der Waals surface area contributed by atoms with Gasteiger partial charge in [0, 0.05) is 6.04 Å². The molecule has 1 fully saturated rings. The normalized spacial score (nSPS) is 18.6. The lowest BCUT2D eigenvalue weighted by Crippen LogP contribution is -2.24. The summed E-state index contributed by atoms with van der Waals surface area (Å²) in [5, 5.41) is 11.6. The summed E-state index contributed by atoms with van der Waals surface area (Å²) in [6.07, 6.45) is 0.192. The number of carboxylic acids is 1. The van der Waals surface area contributed by atoms with Crippen molar-refractivity contribution in [3.8, 4) is 0 Å². The highest BCUT2D eigenvalue weighted by molar-refractivity contribution is 6.36. The maximum Gasteiger partial charge on any atom is 0.356 e. The molecule has 0 unspecified atom stereocenters. The van der Waals surface area contributed by atoms with Crippen molar-refractivity contribution >= 4 is 35.0 Å². The van der Waals surface area contributed by atoms with Gasteiger partial charge in [0.05, 0.1) is 19.8 Å². The number of ether oxygens (including phenoxy) is 2. The maximum absolute atomic E-state index is 11.0. The van der Waals surface area contributed by atoms with Gasteiger partial charge in [-0.2, -0.15) is 4.98 Å². The quantitative estimate of drug-likeness (QED) is 0.582. The predicted molar refractivity (Wildman–Crippen MR) is 72.7 cm³/mol. The van der Waals surface area contributed by atoms with Crippen molar-refractivity contribution in [3.05, 3.63) is 16.0 Å². The first-order chi connectivity index (χ1) is 9.47. The molecule has 2 heterocycles. The second-order valence-electron chi connectivity index (χ2n) is 4.35. The number of rotatable bonds is 7. The van der Waals surface area contributed by atoms with E-state index in [1.807, 2.05) is 6.92 Å². The number of anilines is 1. The van der Waals surface area contributed by atoms with Gasteiger partial charge >= 0.3 is 5.97 Å². The van der Waals surface area contributed by atoms with E-state index in [1.54, 1.807) is 0 Å². The summed E-state index contributed by atoms with van der Waals surface area (Å²) in [4.78, 5) is 18.4. The van der Waals surface area contributed by atoms with E-state index in [4.69, 9.17) is 37.8 Å². The van der Waals surface area contributed by atoms with Gasteiger partial charge in [-0.05, 0) is 18.5 Å². The number of halogens is 2. The summed E-state index contributed by atoms with van der Waals surface area (Å²) in [5.41, 5.74) is -0.339. The van der Waals surface area contributed by atoms with Crippen LogP contribution in [0.2, 0.25) is 10.3 Å². The van der Waals surface area contributed by atoms with E-state index in [0.29, 0.717) is 13.2 Å². The molecule has 1 saturated heterocycles. The van der Waals surface area contributed by atoms with Crippen molar-refractivity contribution in [2.24, 2.45) is 0 Å². The summed E-state index contributed by atoms with van der Waals surface area (Å²) >= 11 is 11.6. The van der Waals surface area contributed by atoms with E-state index < -0.39 is 5.97 Å². The Morgan fingerprint density at radius 3 is 2.90 bits per heavy atom. The molecular weight excluding hydrogens is 309 g/mol. The van der Waals surface area contributed by atoms with E-state index in [9.17, 15) is 4.79 Å². The Hall–Kier alpha value is -1.15. The van der Waals surface area contributed by atoms with Crippen LogP contribution in [-0.2, 0) is 9.47 Å². The van der Waals surface area contributed by atoms with Gasteiger partial charge in [0.1, 0.15) is 11.1 Å². The topological polar surface area (TPSA) is 96.9 Å². The van der Waals surface area contributed by atoms with Crippen LogP contribution in [0, 0.1) is 0 Å². The van der Waals surface area contributed by atoms with Gasteiger partial charge in [-0.15, -0.1) is 0 Å². The number of aromatic nitrogens is 2. The van der Waals surface area contributed by atoms with Crippen molar-refractivity contribution in [2.45, 2.75) is 19.1 Å². The minimum Gasteiger partial charge on any atom is -0.476 e. The minimum atomic E-state index is -1.27. The fraction of sp³-hybridized carbons (Fsp3) is 0.545. The molecular formula is C11H13Cl2N3O4. The molecule has 2 atom stereocenters. The predicted octanol–water partition coefficient (Wildman–Crippen LogP) is 1.70. The Kier molecular flexibility index (Phi) is 4.98. The fourth-order valence-electron chi connectivity index (χ4n) is 1.47. The third kappa shape index (κ3) is 4.17. The van der Waals surface area contributed by atoms with Crippen LogP contribution in [0.1, 0.15) is 17.4 Å². The number of carbonyl (C=O) groups is 1. The molecule has 0 aromatic carbocycles. The second kappa shape index (κ2) is 6.53. The lowest BCUT2D eigenvalue weighted by molar-refractivity contribution is 0.0690. The molecule has 7 nitrogen and oxygen atoms in total. The number of carboxylic acid groups (broad SMARTS) is 1. The van der Waals surface area contributed by atoms with Crippen molar-refractivity contribution < 1.29 is 19.4 Å².